The number of aryl methyl sites for hydroxylation is 1. The van der Waals surface area contributed by atoms with Crippen LogP contribution in [0.1, 0.15) is 39.1 Å². The molecule has 1 aliphatic rings. The van der Waals surface area contributed by atoms with Crippen LogP contribution in [0.4, 0.5) is 5.13 Å². The fraction of sp³-hybridized carbons (Fsp3) is 0.318. The van der Waals surface area contributed by atoms with Crippen molar-refractivity contribution in [2.24, 2.45) is 0 Å². The lowest BCUT2D eigenvalue weighted by Crippen LogP contribution is -2.37. The number of carbonyl (C=O) groups is 2. The minimum atomic E-state index is -0.429. The summed E-state index contributed by atoms with van der Waals surface area (Å²) in [5.41, 5.74) is 2.93. The van der Waals surface area contributed by atoms with E-state index in [2.05, 4.69) is 6.07 Å². The topological polar surface area (TPSA) is 68.7 Å². The normalized spacial score (nSPS) is 16.1. The SMILES string of the molecule is COC(=O)c1ccc(C(=O)N(CC2CCCO2)c2nc3ccc(C)cc3s2)cc1. The minimum absolute atomic E-state index is 0.00189. The molecule has 1 amide bonds. The fourth-order valence-corrected chi connectivity index (χ4v) is 4.47. The number of nitrogens with zero attached hydrogens (tertiary/aromatic N) is 2. The van der Waals surface area contributed by atoms with Crippen LogP contribution in [0.15, 0.2) is 42.5 Å². The van der Waals surface area contributed by atoms with Crippen molar-refractivity contribution in [1.82, 2.24) is 4.98 Å². The van der Waals surface area contributed by atoms with E-state index in [1.54, 1.807) is 29.2 Å². The predicted octanol–water partition coefficient (Wildman–Crippen LogP) is 4.22. The number of hydrogen-bond donors (Lipinski definition) is 0. The number of amides is 1. The first-order valence-corrected chi connectivity index (χ1v) is 10.4. The van der Waals surface area contributed by atoms with Crippen LogP contribution in [-0.2, 0) is 9.47 Å². The highest BCUT2D eigenvalue weighted by Crippen LogP contribution is 2.31. The van der Waals surface area contributed by atoms with Crippen LogP contribution in [0, 0.1) is 6.92 Å². The summed E-state index contributed by atoms with van der Waals surface area (Å²) >= 11 is 1.50. The number of carbonyl (C=O) groups excluding carboxylic acids is 2. The van der Waals surface area contributed by atoms with Gasteiger partial charge in [-0.3, -0.25) is 9.69 Å². The average molecular weight is 410 g/mol. The van der Waals surface area contributed by atoms with E-state index >= 15 is 0 Å². The highest BCUT2D eigenvalue weighted by atomic mass is 32.1. The van der Waals surface area contributed by atoms with E-state index in [-0.39, 0.29) is 12.0 Å². The van der Waals surface area contributed by atoms with Gasteiger partial charge in [0.15, 0.2) is 5.13 Å². The molecule has 1 unspecified atom stereocenters. The Hall–Kier alpha value is -2.77. The lowest BCUT2D eigenvalue weighted by atomic mass is 10.1. The number of aromatic nitrogens is 1. The quantitative estimate of drug-likeness (QED) is 0.589. The van der Waals surface area contributed by atoms with E-state index in [4.69, 9.17) is 14.5 Å². The second-order valence-corrected chi connectivity index (χ2v) is 8.10. The molecule has 29 heavy (non-hydrogen) atoms. The van der Waals surface area contributed by atoms with Crippen LogP contribution >= 0.6 is 11.3 Å². The third-order valence-electron chi connectivity index (χ3n) is 4.97. The van der Waals surface area contributed by atoms with Crippen molar-refractivity contribution in [1.29, 1.82) is 0 Å². The van der Waals surface area contributed by atoms with Crippen molar-refractivity contribution >= 4 is 38.6 Å². The molecule has 3 aromatic rings. The molecule has 150 valence electrons. The number of benzene rings is 2. The van der Waals surface area contributed by atoms with Gasteiger partial charge in [0, 0.05) is 12.2 Å². The van der Waals surface area contributed by atoms with Crippen LogP contribution in [0.25, 0.3) is 10.2 Å². The largest absolute Gasteiger partial charge is 0.465 e. The van der Waals surface area contributed by atoms with Crippen molar-refractivity contribution in [2.75, 3.05) is 25.2 Å². The summed E-state index contributed by atoms with van der Waals surface area (Å²) in [7, 11) is 1.33. The Bertz CT molecular complexity index is 1040. The summed E-state index contributed by atoms with van der Waals surface area (Å²) in [5.74, 6) is -0.588. The van der Waals surface area contributed by atoms with Crippen LogP contribution in [0.2, 0.25) is 0 Å². The maximum atomic E-state index is 13.3. The van der Waals surface area contributed by atoms with Crippen LogP contribution in [0.5, 0.6) is 0 Å². The summed E-state index contributed by atoms with van der Waals surface area (Å²) in [6.07, 6.45) is 1.93. The summed E-state index contributed by atoms with van der Waals surface area (Å²) in [6.45, 7) is 3.22. The molecule has 7 heteroatoms. The van der Waals surface area contributed by atoms with Crippen molar-refractivity contribution in [3.05, 3.63) is 59.2 Å². The average Bonchev–Trinajstić information content (AvgIpc) is 3.40. The van der Waals surface area contributed by atoms with Crippen molar-refractivity contribution in [3.8, 4) is 0 Å². The molecular weight excluding hydrogens is 388 g/mol. The zero-order chi connectivity index (χ0) is 20.4. The van der Waals surface area contributed by atoms with Crippen LogP contribution in [-0.4, -0.2) is 43.2 Å². The van der Waals surface area contributed by atoms with Gasteiger partial charge in [-0.1, -0.05) is 17.4 Å². The summed E-state index contributed by atoms with van der Waals surface area (Å²) < 4.78 is 11.5. The molecule has 0 spiro atoms. The van der Waals surface area contributed by atoms with Gasteiger partial charge in [0.05, 0.1) is 35.5 Å². The highest BCUT2D eigenvalue weighted by Gasteiger charge is 2.27. The van der Waals surface area contributed by atoms with Crippen LogP contribution in [0.3, 0.4) is 0 Å². The van der Waals surface area contributed by atoms with Gasteiger partial charge in [0.2, 0.25) is 0 Å². The molecule has 1 aliphatic heterocycles. The molecule has 0 bridgehead atoms. The lowest BCUT2D eigenvalue weighted by Gasteiger charge is -2.23. The number of methoxy groups -OCH3 is 1. The molecule has 0 N–H and O–H groups in total. The number of fused-ring (bicyclic) bond motifs is 1. The predicted molar refractivity (Wildman–Crippen MR) is 113 cm³/mol. The molecule has 0 aliphatic carbocycles. The number of hydrogen-bond acceptors (Lipinski definition) is 6. The third-order valence-corrected chi connectivity index (χ3v) is 6.01. The Kier molecular flexibility index (Phi) is 5.60. The molecule has 6 nitrogen and oxygen atoms in total. The standard InChI is InChI=1S/C22H22N2O4S/c1-14-5-10-18-19(12-14)29-22(23-18)24(13-17-4-3-11-28-17)20(25)15-6-8-16(9-7-15)21(26)27-2/h5-10,12,17H,3-4,11,13H2,1-2H3. The Labute approximate surface area is 173 Å². The Morgan fingerprint density at radius 2 is 1.97 bits per heavy atom. The van der Waals surface area contributed by atoms with Gasteiger partial charge < -0.3 is 9.47 Å². The molecule has 2 aromatic carbocycles. The molecule has 0 saturated carbocycles. The van der Waals surface area contributed by atoms with E-state index in [0.717, 1.165) is 35.2 Å². The number of anilines is 1. The Morgan fingerprint density at radius 1 is 1.21 bits per heavy atom. The molecule has 0 radical (unpaired) electrons. The van der Waals surface area contributed by atoms with Gasteiger partial charge in [-0.25, -0.2) is 9.78 Å². The van der Waals surface area contributed by atoms with E-state index in [1.807, 2.05) is 19.1 Å². The lowest BCUT2D eigenvalue weighted by molar-refractivity contribution is 0.0600. The first-order valence-electron chi connectivity index (χ1n) is 9.54. The molecule has 2 heterocycles. The fourth-order valence-electron chi connectivity index (χ4n) is 3.40. The smallest absolute Gasteiger partial charge is 0.337 e. The molecule has 1 fully saturated rings. The third kappa shape index (κ3) is 4.16. The van der Waals surface area contributed by atoms with Gasteiger partial charge in [0.25, 0.3) is 5.91 Å². The summed E-state index contributed by atoms with van der Waals surface area (Å²) in [5, 5.41) is 0.656. The van der Waals surface area contributed by atoms with E-state index in [0.29, 0.717) is 22.8 Å². The number of thiazole rings is 1. The molecule has 1 aromatic heterocycles. The van der Waals surface area contributed by atoms with Gasteiger partial charge in [0.1, 0.15) is 0 Å². The minimum Gasteiger partial charge on any atom is -0.465 e. The zero-order valence-corrected chi connectivity index (χ0v) is 17.2. The van der Waals surface area contributed by atoms with Crippen molar-refractivity contribution < 1.29 is 19.1 Å². The monoisotopic (exact) mass is 410 g/mol. The van der Waals surface area contributed by atoms with E-state index in [1.165, 1.54) is 18.4 Å². The van der Waals surface area contributed by atoms with Gasteiger partial charge in [-0.2, -0.15) is 0 Å². The number of rotatable bonds is 5. The van der Waals surface area contributed by atoms with Crippen LogP contribution < -0.4 is 4.90 Å². The van der Waals surface area contributed by atoms with Gasteiger partial charge in [-0.15, -0.1) is 0 Å². The zero-order valence-electron chi connectivity index (χ0n) is 16.4. The summed E-state index contributed by atoms with van der Waals surface area (Å²) in [4.78, 5) is 31.4. The van der Waals surface area contributed by atoms with Gasteiger partial charge in [-0.05, 0) is 61.7 Å². The van der Waals surface area contributed by atoms with E-state index < -0.39 is 5.97 Å². The maximum Gasteiger partial charge on any atom is 0.337 e. The molecule has 4 rings (SSSR count). The van der Waals surface area contributed by atoms with Gasteiger partial charge >= 0.3 is 5.97 Å². The highest BCUT2D eigenvalue weighted by molar-refractivity contribution is 7.22. The van der Waals surface area contributed by atoms with E-state index in [9.17, 15) is 9.59 Å². The first kappa shape index (κ1) is 19.5. The second kappa shape index (κ2) is 8.31. The first-order chi connectivity index (χ1) is 14.0. The Balaban J connectivity index is 1.67. The number of ether oxygens (including phenoxy) is 2. The summed E-state index contributed by atoms with van der Waals surface area (Å²) in [6, 6.07) is 12.6. The molecule has 1 saturated heterocycles. The molecular formula is C22H22N2O4S. The van der Waals surface area contributed by atoms with Crippen molar-refractivity contribution in [3.63, 3.8) is 0 Å². The maximum absolute atomic E-state index is 13.3. The molecule has 1 atom stereocenters. The van der Waals surface area contributed by atoms with Crippen molar-refractivity contribution in [2.45, 2.75) is 25.9 Å². The number of esters is 1. The second-order valence-electron chi connectivity index (χ2n) is 7.09. The Morgan fingerprint density at radius 3 is 2.66 bits per heavy atom.